The molecule has 1 aromatic carbocycles. The van der Waals surface area contributed by atoms with Gasteiger partial charge in [0.15, 0.2) is 0 Å². The lowest BCUT2D eigenvalue weighted by molar-refractivity contribution is -0.139. The molecule has 0 aliphatic carbocycles. The second-order valence-electron chi connectivity index (χ2n) is 10.1. The minimum absolute atomic E-state index is 0.0240. The number of imide groups is 1. The molecule has 10 nitrogen and oxygen atoms in total. The maximum atomic E-state index is 13.4. The van der Waals surface area contributed by atoms with Gasteiger partial charge in [-0.3, -0.25) is 19.3 Å². The van der Waals surface area contributed by atoms with E-state index in [1.165, 1.54) is 19.1 Å². The molecule has 3 rings (SSSR count). The van der Waals surface area contributed by atoms with Crippen LogP contribution in [0.25, 0.3) is 0 Å². The van der Waals surface area contributed by atoms with Crippen molar-refractivity contribution < 1.29 is 41.8 Å². The van der Waals surface area contributed by atoms with Crippen LogP contribution in [0.1, 0.15) is 43.7 Å². The first-order valence-corrected chi connectivity index (χ1v) is 13.9. The molecule has 0 aromatic heterocycles. The van der Waals surface area contributed by atoms with Crippen LogP contribution in [-0.2, 0) is 34.8 Å². The van der Waals surface area contributed by atoms with Crippen LogP contribution in [0, 0.1) is 11.3 Å². The Morgan fingerprint density at radius 3 is 2.33 bits per heavy atom. The lowest BCUT2D eigenvalue weighted by Gasteiger charge is -2.34. The summed E-state index contributed by atoms with van der Waals surface area (Å²) in [6.07, 6.45) is -2.15. The van der Waals surface area contributed by atoms with E-state index in [4.69, 9.17) is 19.5 Å². The summed E-state index contributed by atoms with van der Waals surface area (Å²) in [6.45, 7) is 6.86. The highest BCUT2D eigenvalue weighted by atomic mass is 19.4. The summed E-state index contributed by atoms with van der Waals surface area (Å²) in [6, 6.07) is 4.32. The third-order valence-corrected chi connectivity index (χ3v) is 7.28. The van der Waals surface area contributed by atoms with Crippen LogP contribution in [0.3, 0.4) is 0 Å². The summed E-state index contributed by atoms with van der Waals surface area (Å²) < 4.78 is 55.8. The molecule has 0 atom stereocenters. The van der Waals surface area contributed by atoms with Crippen molar-refractivity contribution in [1.29, 1.82) is 5.26 Å². The maximum absolute atomic E-state index is 13.4. The van der Waals surface area contributed by atoms with Crippen molar-refractivity contribution in [1.82, 2.24) is 9.80 Å². The van der Waals surface area contributed by atoms with Crippen molar-refractivity contribution in [2.24, 2.45) is 0 Å². The molecule has 13 heteroatoms. The molecule has 1 fully saturated rings. The van der Waals surface area contributed by atoms with Crippen LogP contribution in [0.2, 0.25) is 0 Å². The number of amides is 3. The van der Waals surface area contributed by atoms with Crippen LogP contribution in [0.15, 0.2) is 29.3 Å². The van der Waals surface area contributed by atoms with E-state index in [-0.39, 0.29) is 23.8 Å². The predicted molar refractivity (Wildman–Crippen MR) is 146 cm³/mol. The highest BCUT2D eigenvalue weighted by Crippen LogP contribution is 2.36. The van der Waals surface area contributed by atoms with Gasteiger partial charge in [-0.1, -0.05) is 6.42 Å². The van der Waals surface area contributed by atoms with Crippen molar-refractivity contribution >= 4 is 23.4 Å². The monoisotopic (exact) mass is 594 g/mol. The van der Waals surface area contributed by atoms with Crippen LogP contribution in [0.4, 0.5) is 18.9 Å². The Morgan fingerprint density at radius 1 is 0.976 bits per heavy atom. The zero-order valence-corrected chi connectivity index (χ0v) is 24.0. The first-order chi connectivity index (χ1) is 20.1. The molecule has 1 saturated heterocycles. The van der Waals surface area contributed by atoms with E-state index in [0.717, 1.165) is 43.4 Å². The smallest absolute Gasteiger partial charge is 0.382 e. The number of methoxy groups -OCH3 is 1. The highest BCUT2D eigenvalue weighted by Gasteiger charge is 2.39. The van der Waals surface area contributed by atoms with Gasteiger partial charge in [0.25, 0.3) is 11.8 Å². The number of nitriles is 1. The fourth-order valence-electron chi connectivity index (χ4n) is 4.86. The fraction of sp³-hybridized carbons (Fsp3) is 0.586. The number of hydrogen-bond donors (Lipinski definition) is 0. The summed E-state index contributed by atoms with van der Waals surface area (Å²) in [5, 5.41) is 9.01. The van der Waals surface area contributed by atoms with E-state index in [9.17, 15) is 27.6 Å². The summed E-state index contributed by atoms with van der Waals surface area (Å²) >= 11 is 0. The normalized spacial score (nSPS) is 16.5. The number of carbonyl (C=O) groups is 3. The van der Waals surface area contributed by atoms with E-state index < -0.39 is 29.1 Å². The number of benzene rings is 1. The van der Waals surface area contributed by atoms with Crippen molar-refractivity contribution in [3.8, 4) is 6.07 Å². The number of piperazine rings is 1. The van der Waals surface area contributed by atoms with E-state index in [2.05, 4.69) is 4.90 Å². The van der Waals surface area contributed by atoms with Gasteiger partial charge in [-0.15, -0.1) is 0 Å². The Bertz CT molecular complexity index is 1190. The van der Waals surface area contributed by atoms with E-state index in [0.29, 0.717) is 64.0 Å². The first kappa shape index (κ1) is 33.2. The molecule has 0 unspecified atom stereocenters. The van der Waals surface area contributed by atoms with Crippen molar-refractivity contribution in [2.45, 2.75) is 38.8 Å². The molecule has 0 bridgehead atoms. The Balaban J connectivity index is 1.37. The molecular formula is C29H37F3N4O6. The van der Waals surface area contributed by atoms with Crippen molar-refractivity contribution in [2.75, 3.05) is 77.8 Å². The molecule has 1 aromatic rings. The molecule has 0 radical (unpaired) electrons. The number of nitrogens with zero attached hydrogens (tertiary/aromatic N) is 4. The third-order valence-electron chi connectivity index (χ3n) is 7.28. The topological polar surface area (TPSA) is 112 Å². The van der Waals surface area contributed by atoms with Gasteiger partial charge in [-0.2, -0.15) is 18.4 Å². The van der Waals surface area contributed by atoms with Crippen LogP contribution < -0.4 is 4.90 Å². The Labute approximate surface area is 243 Å². The summed E-state index contributed by atoms with van der Waals surface area (Å²) in [5.41, 5.74) is -1.45. The van der Waals surface area contributed by atoms with E-state index in [1.807, 2.05) is 0 Å². The molecule has 0 saturated carbocycles. The van der Waals surface area contributed by atoms with Gasteiger partial charge in [-0.05, 0) is 50.9 Å². The standard InChI is InChI=1S/C29H37F3N4O6/c1-21-24(28(39)36(27(21)38)23-8-7-22(19-33)25(18-23)29(30,31)32)6-4-3-5-9-34-10-12-35(13-11-34)26(37)20-42-17-16-41-15-14-40-2/h7-8,18H,3-6,9-17,20H2,1-2H3. The fourth-order valence-corrected chi connectivity index (χ4v) is 4.86. The molecule has 230 valence electrons. The quantitative estimate of drug-likeness (QED) is 0.225. The molecule has 42 heavy (non-hydrogen) atoms. The highest BCUT2D eigenvalue weighted by molar-refractivity contribution is 6.32. The number of halogens is 3. The van der Waals surface area contributed by atoms with Gasteiger partial charge in [0, 0.05) is 44.4 Å². The number of unbranched alkanes of at least 4 members (excludes halogenated alkanes) is 2. The predicted octanol–water partition coefficient (Wildman–Crippen LogP) is 3.15. The molecule has 2 aliphatic rings. The largest absolute Gasteiger partial charge is 0.417 e. The summed E-state index contributed by atoms with van der Waals surface area (Å²) in [4.78, 5) is 43.0. The Morgan fingerprint density at radius 2 is 1.67 bits per heavy atom. The number of hydrogen-bond acceptors (Lipinski definition) is 8. The van der Waals surface area contributed by atoms with Gasteiger partial charge in [-0.25, -0.2) is 4.90 Å². The first-order valence-electron chi connectivity index (χ1n) is 13.9. The lowest BCUT2D eigenvalue weighted by atomic mass is 10.0. The summed E-state index contributed by atoms with van der Waals surface area (Å²) in [5.74, 6) is -1.32. The van der Waals surface area contributed by atoms with Gasteiger partial charge in [0.1, 0.15) is 6.61 Å². The number of rotatable bonds is 15. The van der Waals surface area contributed by atoms with Crippen molar-refractivity contribution in [3.05, 3.63) is 40.5 Å². The van der Waals surface area contributed by atoms with Gasteiger partial charge in [0.2, 0.25) is 5.91 Å². The van der Waals surface area contributed by atoms with E-state index in [1.54, 1.807) is 12.0 Å². The summed E-state index contributed by atoms with van der Waals surface area (Å²) in [7, 11) is 1.60. The molecule has 0 N–H and O–H groups in total. The molecule has 2 heterocycles. The zero-order valence-electron chi connectivity index (χ0n) is 24.0. The van der Waals surface area contributed by atoms with E-state index >= 15 is 0 Å². The zero-order chi connectivity index (χ0) is 30.7. The maximum Gasteiger partial charge on any atom is 0.417 e. The average molecular weight is 595 g/mol. The van der Waals surface area contributed by atoms with Crippen LogP contribution >= 0.6 is 0 Å². The van der Waals surface area contributed by atoms with Gasteiger partial charge >= 0.3 is 6.18 Å². The van der Waals surface area contributed by atoms with Gasteiger partial charge in [0.05, 0.1) is 49.3 Å². The van der Waals surface area contributed by atoms with Crippen LogP contribution in [-0.4, -0.2) is 100 Å². The number of anilines is 1. The van der Waals surface area contributed by atoms with Crippen molar-refractivity contribution in [3.63, 3.8) is 0 Å². The minimum Gasteiger partial charge on any atom is -0.382 e. The third kappa shape index (κ3) is 8.84. The minimum atomic E-state index is -4.80. The van der Waals surface area contributed by atoms with Gasteiger partial charge < -0.3 is 19.1 Å². The van der Waals surface area contributed by atoms with Crippen LogP contribution in [0.5, 0.6) is 0 Å². The lowest BCUT2D eigenvalue weighted by Crippen LogP contribution is -2.49. The second kappa shape index (κ2) is 15.8. The Kier molecular flexibility index (Phi) is 12.5. The SMILES string of the molecule is COCCOCCOCC(=O)N1CCN(CCCCCC2=C(C)C(=O)N(c3ccc(C#N)c(C(F)(F)F)c3)C2=O)CC1. The number of alkyl halides is 3. The average Bonchev–Trinajstić information content (AvgIpc) is 3.18. The number of ether oxygens (including phenoxy) is 3. The number of carbonyl (C=O) groups excluding carboxylic acids is 3. The molecule has 2 aliphatic heterocycles. The Hall–Kier alpha value is -3.31. The molecule has 3 amide bonds. The molecular weight excluding hydrogens is 557 g/mol. The molecule has 0 spiro atoms. The second-order valence-corrected chi connectivity index (χ2v) is 10.1.